The molecule has 1 aromatic carbocycles. The third-order valence-electron chi connectivity index (χ3n) is 3.25. The van der Waals surface area contributed by atoms with Crippen LogP contribution in [-0.2, 0) is 9.53 Å². The maximum absolute atomic E-state index is 12.3. The van der Waals surface area contributed by atoms with E-state index < -0.39 is 12.0 Å². The van der Waals surface area contributed by atoms with Gasteiger partial charge in [0.05, 0.1) is 7.11 Å². The van der Waals surface area contributed by atoms with Crippen molar-refractivity contribution in [2.45, 2.75) is 33.2 Å². The third kappa shape index (κ3) is 3.63. The Balaban J connectivity index is 2.18. The highest BCUT2D eigenvalue weighted by Crippen LogP contribution is 2.17. The van der Waals surface area contributed by atoms with Crippen molar-refractivity contribution >= 4 is 23.0 Å². The highest BCUT2D eigenvalue weighted by atomic mass is 16.5. The predicted octanol–water partition coefficient (Wildman–Crippen LogP) is 2.45. The molecular formula is C16H20N2O4. The van der Waals surface area contributed by atoms with Gasteiger partial charge in [-0.15, -0.1) is 0 Å². The number of benzene rings is 1. The first-order valence-electron chi connectivity index (χ1n) is 7.16. The number of fused-ring (bicyclic) bond motifs is 1. The second kappa shape index (κ2) is 6.60. The molecule has 0 fully saturated rings. The number of methoxy groups -OCH3 is 1. The lowest BCUT2D eigenvalue weighted by atomic mass is 10.0. The molecule has 6 nitrogen and oxygen atoms in total. The summed E-state index contributed by atoms with van der Waals surface area (Å²) in [4.78, 5) is 28.3. The molecule has 0 radical (unpaired) electrons. The Labute approximate surface area is 128 Å². The molecule has 1 unspecified atom stereocenters. The molecule has 1 N–H and O–H groups in total. The first-order valence-corrected chi connectivity index (χ1v) is 7.16. The molecule has 0 bridgehead atoms. The van der Waals surface area contributed by atoms with E-state index in [4.69, 9.17) is 9.15 Å². The van der Waals surface area contributed by atoms with E-state index in [0.717, 1.165) is 0 Å². The predicted molar refractivity (Wildman–Crippen MR) is 81.5 cm³/mol. The zero-order chi connectivity index (χ0) is 16.3. The van der Waals surface area contributed by atoms with Crippen LogP contribution in [0, 0.1) is 12.8 Å². The normalized spacial score (nSPS) is 12.4. The standard InChI is InChI=1S/C16H20N2O4/c1-9(2)7-13(16(20)21-4)18-15(19)11-5-6-14-12(8-11)17-10(3)22-14/h5-6,8-9,13H,7H2,1-4H3,(H,18,19). The molecule has 0 spiro atoms. The Morgan fingerprint density at radius 1 is 1.36 bits per heavy atom. The number of carbonyl (C=O) groups is 2. The average molecular weight is 304 g/mol. The minimum absolute atomic E-state index is 0.255. The minimum Gasteiger partial charge on any atom is -0.467 e. The SMILES string of the molecule is COC(=O)C(CC(C)C)NC(=O)c1ccc2oc(C)nc2c1. The zero-order valence-electron chi connectivity index (χ0n) is 13.2. The van der Waals surface area contributed by atoms with Crippen LogP contribution in [0.2, 0.25) is 0 Å². The van der Waals surface area contributed by atoms with Crippen LogP contribution in [0.15, 0.2) is 22.6 Å². The maximum atomic E-state index is 12.3. The van der Waals surface area contributed by atoms with Crippen LogP contribution < -0.4 is 5.32 Å². The molecule has 1 aromatic heterocycles. The molecule has 0 aliphatic rings. The fourth-order valence-electron chi connectivity index (χ4n) is 2.25. The molecule has 1 heterocycles. The summed E-state index contributed by atoms with van der Waals surface area (Å²) in [5.41, 5.74) is 1.67. The van der Waals surface area contributed by atoms with Gasteiger partial charge < -0.3 is 14.5 Å². The monoisotopic (exact) mass is 304 g/mol. The Hall–Kier alpha value is -2.37. The van der Waals surface area contributed by atoms with E-state index in [1.807, 2.05) is 13.8 Å². The number of aryl methyl sites for hydroxylation is 1. The van der Waals surface area contributed by atoms with Gasteiger partial charge in [-0.2, -0.15) is 0 Å². The lowest BCUT2D eigenvalue weighted by Crippen LogP contribution is -2.42. The summed E-state index contributed by atoms with van der Waals surface area (Å²) in [6, 6.07) is 4.32. The number of hydrogen-bond acceptors (Lipinski definition) is 5. The molecule has 0 aliphatic heterocycles. The fraction of sp³-hybridized carbons (Fsp3) is 0.438. The number of esters is 1. The number of rotatable bonds is 5. The topological polar surface area (TPSA) is 81.4 Å². The largest absolute Gasteiger partial charge is 0.467 e. The van der Waals surface area contributed by atoms with Crippen molar-refractivity contribution in [2.24, 2.45) is 5.92 Å². The van der Waals surface area contributed by atoms with Crippen molar-refractivity contribution in [2.75, 3.05) is 7.11 Å². The van der Waals surface area contributed by atoms with Gasteiger partial charge in [0, 0.05) is 12.5 Å². The number of hydrogen-bond donors (Lipinski definition) is 1. The average Bonchev–Trinajstić information content (AvgIpc) is 2.84. The molecule has 1 atom stereocenters. The van der Waals surface area contributed by atoms with Gasteiger partial charge in [0.15, 0.2) is 11.5 Å². The molecule has 2 rings (SSSR count). The first kappa shape index (κ1) is 16.0. The smallest absolute Gasteiger partial charge is 0.328 e. The lowest BCUT2D eigenvalue weighted by molar-refractivity contribution is -0.143. The summed E-state index contributed by atoms with van der Waals surface area (Å²) in [5, 5.41) is 2.71. The van der Waals surface area contributed by atoms with Crippen molar-refractivity contribution in [1.29, 1.82) is 0 Å². The van der Waals surface area contributed by atoms with E-state index in [9.17, 15) is 9.59 Å². The van der Waals surface area contributed by atoms with E-state index in [1.165, 1.54) is 7.11 Å². The highest BCUT2D eigenvalue weighted by molar-refractivity contribution is 5.99. The van der Waals surface area contributed by atoms with Crippen molar-refractivity contribution in [3.05, 3.63) is 29.7 Å². The summed E-state index contributed by atoms with van der Waals surface area (Å²) in [6.07, 6.45) is 0.518. The second-order valence-electron chi connectivity index (χ2n) is 5.59. The van der Waals surface area contributed by atoms with Crippen molar-refractivity contribution in [3.63, 3.8) is 0 Å². The van der Waals surface area contributed by atoms with Crippen LogP contribution in [0.1, 0.15) is 36.5 Å². The van der Waals surface area contributed by atoms with Crippen LogP contribution in [0.25, 0.3) is 11.1 Å². The molecule has 0 saturated carbocycles. The fourth-order valence-corrected chi connectivity index (χ4v) is 2.25. The number of oxazole rings is 1. The molecule has 0 saturated heterocycles. The summed E-state index contributed by atoms with van der Waals surface area (Å²) in [5.74, 6) is 0.0175. The summed E-state index contributed by atoms with van der Waals surface area (Å²) in [7, 11) is 1.31. The molecule has 0 aliphatic carbocycles. The molecule has 1 amide bonds. The van der Waals surface area contributed by atoms with E-state index in [-0.39, 0.29) is 11.8 Å². The van der Waals surface area contributed by atoms with Crippen molar-refractivity contribution in [1.82, 2.24) is 10.3 Å². The molecule has 22 heavy (non-hydrogen) atoms. The van der Waals surface area contributed by atoms with Crippen LogP contribution >= 0.6 is 0 Å². The van der Waals surface area contributed by atoms with Gasteiger partial charge in [-0.1, -0.05) is 13.8 Å². The Morgan fingerprint density at radius 3 is 2.73 bits per heavy atom. The second-order valence-corrected chi connectivity index (χ2v) is 5.59. The quantitative estimate of drug-likeness (QED) is 0.858. The Kier molecular flexibility index (Phi) is 4.80. The molecular weight excluding hydrogens is 284 g/mol. The van der Waals surface area contributed by atoms with E-state index in [0.29, 0.717) is 29.0 Å². The third-order valence-corrected chi connectivity index (χ3v) is 3.25. The maximum Gasteiger partial charge on any atom is 0.328 e. The van der Waals surface area contributed by atoms with Gasteiger partial charge in [-0.3, -0.25) is 4.79 Å². The Morgan fingerprint density at radius 2 is 2.09 bits per heavy atom. The van der Waals surface area contributed by atoms with Crippen LogP contribution in [0.3, 0.4) is 0 Å². The van der Waals surface area contributed by atoms with Gasteiger partial charge in [-0.05, 0) is 30.5 Å². The van der Waals surface area contributed by atoms with Crippen LogP contribution in [0.5, 0.6) is 0 Å². The number of ether oxygens (including phenoxy) is 1. The van der Waals surface area contributed by atoms with Crippen LogP contribution in [0.4, 0.5) is 0 Å². The van der Waals surface area contributed by atoms with E-state index in [1.54, 1.807) is 25.1 Å². The molecule has 6 heteroatoms. The minimum atomic E-state index is -0.660. The van der Waals surface area contributed by atoms with E-state index in [2.05, 4.69) is 10.3 Å². The summed E-state index contributed by atoms with van der Waals surface area (Å²) < 4.78 is 10.1. The van der Waals surface area contributed by atoms with Gasteiger partial charge >= 0.3 is 5.97 Å². The van der Waals surface area contributed by atoms with Gasteiger partial charge in [0.1, 0.15) is 11.6 Å². The van der Waals surface area contributed by atoms with Crippen LogP contribution in [-0.4, -0.2) is 30.0 Å². The summed E-state index contributed by atoms with van der Waals surface area (Å²) >= 11 is 0. The number of carbonyl (C=O) groups excluding carboxylic acids is 2. The number of amides is 1. The van der Waals surface area contributed by atoms with Gasteiger partial charge in [-0.25, -0.2) is 9.78 Å². The van der Waals surface area contributed by atoms with E-state index >= 15 is 0 Å². The number of aromatic nitrogens is 1. The first-order chi connectivity index (χ1) is 10.4. The summed E-state index contributed by atoms with van der Waals surface area (Å²) in [6.45, 7) is 5.70. The van der Waals surface area contributed by atoms with Gasteiger partial charge in [0.25, 0.3) is 5.91 Å². The Bertz CT molecular complexity index is 691. The number of nitrogens with zero attached hydrogens (tertiary/aromatic N) is 1. The molecule has 118 valence electrons. The lowest BCUT2D eigenvalue weighted by Gasteiger charge is -2.18. The van der Waals surface area contributed by atoms with Crippen molar-refractivity contribution in [3.8, 4) is 0 Å². The number of nitrogens with one attached hydrogen (secondary N) is 1. The molecule has 2 aromatic rings. The van der Waals surface area contributed by atoms with Crippen molar-refractivity contribution < 1.29 is 18.7 Å². The zero-order valence-corrected chi connectivity index (χ0v) is 13.2. The van der Waals surface area contributed by atoms with Gasteiger partial charge in [0.2, 0.25) is 0 Å². The highest BCUT2D eigenvalue weighted by Gasteiger charge is 2.23.